The van der Waals surface area contributed by atoms with Crippen molar-refractivity contribution in [1.29, 1.82) is 0 Å². The summed E-state index contributed by atoms with van der Waals surface area (Å²) in [5.41, 5.74) is 4.32. The normalized spacial score (nSPS) is 11.2. The summed E-state index contributed by atoms with van der Waals surface area (Å²) < 4.78 is 25.1. The molecule has 19 heavy (non-hydrogen) atoms. The number of hydrogen-bond acceptors (Lipinski definition) is 6. The van der Waals surface area contributed by atoms with Gasteiger partial charge in [-0.2, -0.15) is 0 Å². The Bertz CT molecular complexity index is 599. The third-order valence-electron chi connectivity index (χ3n) is 1.82. The Labute approximate surface area is 116 Å². The molecule has 4 N–H and O–H groups in total. The number of nitrogens with two attached hydrogens (primary N) is 1. The van der Waals surface area contributed by atoms with Crippen LogP contribution in [0, 0.1) is 10.1 Å². The summed E-state index contributed by atoms with van der Waals surface area (Å²) >= 11 is 6.14. The van der Waals surface area contributed by atoms with Gasteiger partial charge in [-0.1, -0.05) is 11.6 Å². The molecule has 0 fully saturated rings. The van der Waals surface area contributed by atoms with Crippen molar-refractivity contribution in [1.82, 2.24) is 10.0 Å². The minimum Gasteiger partial charge on any atom is -0.352 e. The molecule has 0 aliphatic heterocycles. The third kappa shape index (κ3) is 4.31. The number of sulfonamides is 1. The molecule has 0 aliphatic carbocycles. The van der Waals surface area contributed by atoms with Crippen molar-refractivity contribution in [3.05, 3.63) is 20.5 Å². The van der Waals surface area contributed by atoms with E-state index in [0.29, 0.717) is 11.3 Å². The predicted octanol–water partition coefficient (Wildman–Crippen LogP) is 0.256. The SMILES string of the molecule is NC(=O)NCCNS(=O)(=O)c1cc([N+](=O)[O-])c(Cl)s1. The molecule has 0 saturated heterocycles. The largest absolute Gasteiger partial charge is 0.352 e. The zero-order valence-corrected chi connectivity index (χ0v) is 11.6. The van der Waals surface area contributed by atoms with E-state index in [-0.39, 0.29) is 21.6 Å². The predicted molar refractivity (Wildman–Crippen MR) is 68.8 cm³/mol. The third-order valence-corrected chi connectivity index (χ3v) is 5.10. The lowest BCUT2D eigenvalue weighted by Crippen LogP contribution is -2.37. The average molecular weight is 329 g/mol. The van der Waals surface area contributed by atoms with Crippen molar-refractivity contribution in [2.75, 3.05) is 13.1 Å². The highest BCUT2D eigenvalue weighted by Crippen LogP contribution is 2.35. The maximum Gasteiger partial charge on any atom is 0.312 e. The van der Waals surface area contributed by atoms with Crippen LogP contribution in [0.3, 0.4) is 0 Å². The zero-order valence-electron chi connectivity index (χ0n) is 9.25. The molecule has 0 spiro atoms. The Kier molecular flexibility index (Phi) is 5.05. The maximum absolute atomic E-state index is 11.7. The summed E-state index contributed by atoms with van der Waals surface area (Å²) in [5.74, 6) is 0. The lowest BCUT2D eigenvalue weighted by molar-refractivity contribution is -0.384. The zero-order chi connectivity index (χ0) is 14.6. The number of primary amides is 1. The second kappa shape index (κ2) is 6.14. The van der Waals surface area contributed by atoms with E-state index in [9.17, 15) is 23.3 Å². The van der Waals surface area contributed by atoms with Gasteiger partial charge in [0.05, 0.1) is 4.92 Å². The summed E-state index contributed by atoms with van der Waals surface area (Å²) in [6, 6.07) is 0.0885. The first-order valence-corrected chi connectivity index (χ1v) is 7.38. The Hall–Kier alpha value is -1.43. The molecule has 0 aromatic carbocycles. The molecule has 0 radical (unpaired) electrons. The van der Waals surface area contributed by atoms with Crippen molar-refractivity contribution in [3.8, 4) is 0 Å². The van der Waals surface area contributed by atoms with Crippen LogP contribution in [0.4, 0.5) is 10.5 Å². The number of rotatable bonds is 6. The van der Waals surface area contributed by atoms with E-state index in [1.165, 1.54) is 0 Å². The molecular weight excluding hydrogens is 320 g/mol. The molecule has 12 heteroatoms. The van der Waals surface area contributed by atoms with Gasteiger partial charge in [0.15, 0.2) is 4.34 Å². The highest BCUT2D eigenvalue weighted by atomic mass is 35.5. The minimum absolute atomic E-state index is 0.00420. The first-order chi connectivity index (χ1) is 8.74. The molecule has 1 aromatic heterocycles. The highest BCUT2D eigenvalue weighted by molar-refractivity contribution is 7.91. The van der Waals surface area contributed by atoms with E-state index in [1.54, 1.807) is 0 Å². The van der Waals surface area contributed by atoms with Crippen LogP contribution in [-0.2, 0) is 10.0 Å². The second-order valence-electron chi connectivity index (χ2n) is 3.17. The first-order valence-electron chi connectivity index (χ1n) is 4.70. The number of nitrogens with zero attached hydrogens (tertiary/aromatic N) is 1. The van der Waals surface area contributed by atoms with Crippen LogP contribution in [0.15, 0.2) is 10.3 Å². The topological polar surface area (TPSA) is 144 Å². The van der Waals surface area contributed by atoms with Crippen molar-refractivity contribution in [2.24, 2.45) is 5.73 Å². The smallest absolute Gasteiger partial charge is 0.312 e. The Morgan fingerprint density at radius 3 is 2.63 bits per heavy atom. The number of thiophene rings is 1. The number of nitrogens with one attached hydrogen (secondary N) is 2. The Morgan fingerprint density at radius 1 is 1.53 bits per heavy atom. The highest BCUT2D eigenvalue weighted by Gasteiger charge is 2.24. The van der Waals surface area contributed by atoms with E-state index in [2.05, 4.69) is 10.0 Å². The number of hydrogen-bond donors (Lipinski definition) is 3. The van der Waals surface area contributed by atoms with Gasteiger partial charge in [0.25, 0.3) is 5.69 Å². The standard InChI is InChI=1S/C7H9ClN4O5S2/c8-6-4(12(14)15)3-5(18-6)19(16,17)11-2-1-10-7(9)13/h3,11H,1-2H2,(H3,9,10,13). The number of carbonyl (C=O) groups is 1. The average Bonchev–Trinajstić information content (AvgIpc) is 2.67. The van der Waals surface area contributed by atoms with Gasteiger partial charge in [0.2, 0.25) is 10.0 Å². The van der Waals surface area contributed by atoms with Gasteiger partial charge < -0.3 is 11.1 Å². The first kappa shape index (κ1) is 15.6. The Morgan fingerprint density at radius 2 is 2.16 bits per heavy atom. The quantitative estimate of drug-likeness (QED) is 0.389. The van der Waals surface area contributed by atoms with Crippen LogP contribution in [0.2, 0.25) is 4.34 Å². The van der Waals surface area contributed by atoms with Gasteiger partial charge in [-0.3, -0.25) is 10.1 Å². The van der Waals surface area contributed by atoms with Crippen LogP contribution >= 0.6 is 22.9 Å². The van der Waals surface area contributed by atoms with E-state index < -0.39 is 26.7 Å². The summed E-state index contributed by atoms with van der Waals surface area (Å²) in [4.78, 5) is 20.1. The molecular formula is C7H9ClN4O5S2. The van der Waals surface area contributed by atoms with Crippen molar-refractivity contribution in [2.45, 2.75) is 4.21 Å². The van der Waals surface area contributed by atoms with Crippen LogP contribution in [0.25, 0.3) is 0 Å². The number of halogens is 1. The minimum atomic E-state index is -3.91. The number of nitro groups is 1. The summed E-state index contributed by atoms with van der Waals surface area (Å²) in [5, 5.41) is 12.7. The number of carbonyl (C=O) groups excluding carboxylic acids is 1. The molecule has 0 unspecified atom stereocenters. The van der Waals surface area contributed by atoms with E-state index in [4.69, 9.17) is 17.3 Å². The van der Waals surface area contributed by atoms with E-state index in [0.717, 1.165) is 6.07 Å². The van der Waals surface area contributed by atoms with Crippen molar-refractivity contribution < 1.29 is 18.1 Å². The molecule has 9 nitrogen and oxygen atoms in total. The number of urea groups is 1. The summed E-state index contributed by atoms with van der Waals surface area (Å²) in [6.07, 6.45) is 0. The molecule has 2 amide bonds. The van der Waals surface area contributed by atoms with Gasteiger partial charge in [-0.05, 0) is 0 Å². The summed E-state index contributed by atoms with van der Waals surface area (Å²) in [6.45, 7) is -0.107. The van der Waals surface area contributed by atoms with Crippen LogP contribution in [-0.4, -0.2) is 32.5 Å². The molecule has 0 bridgehead atoms. The monoisotopic (exact) mass is 328 g/mol. The van der Waals surface area contributed by atoms with E-state index >= 15 is 0 Å². The van der Waals surface area contributed by atoms with Gasteiger partial charge in [-0.25, -0.2) is 17.9 Å². The van der Waals surface area contributed by atoms with Crippen molar-refractivity contribution in [3.63, 3.8) is 0 Å². The lowest BCUT2D eigenvalue weighted by atomic mass is 10.6. The molecule has 1 aromatic rings. The van der Waals surface area contributed by atoms with Crippen molar-refractivity contribution >= 4 is 44.7 Å². The van der Waals surface area contributed by atoms with Crippen LogP contribution in [0.1, 0.15) is 0 Å². The fourth-order valence-corrected chi connectivity index (χ4v) is 3.78. The number of amides is 2. The fraction of sp³-hybridized carbons (Fsp3) is 0.286. The summed E-state index contributed by atoms with van der Waals surface area (Å²) in [7, 11) is -3.91. The van der Waals surface area contributed by atoms with E-state index in [1.807, 2.05) is 0 Å². The van der Waals surface area contributed by atoms with Gasteiger partial charge in [-0.15, -0.1) is 11.3 Å². The van der Waals surface area contributed by atoms with Gasteiger partial charge >= 0.3 is 6.03 Å². The molecule has 1 heterocycles. The van der Waals surface area contributed by atoms with Gasteiger partial charge in [0, 0.05) is 19.2 Å². The molecule has 106 valence electrons. The Balaban J connectivity index is 2.75. The molecule has 0 saturated carbocycles. The van der Waals surface area contributed by atoms with Crippen LogP contribution in [0.5, 0.6) is 0 Å². The molecule has 1 rings (SSSR count). The molecule has 0 aliphatic rings. The lowest BCUT2D eigenvalue weighted by Gasteiger charge is -2.04. The fourth-order valence-electron chi connectivity index (χ4n) is 1.04. The van der Waals surface area contributed by atoms with Gasteiger partial charge in [0.1, 0.15) is 4.21 Å². The maximum atomic E-state index is 11.7. The van der Waals surface area contributed by atoms with Crippen LogP contribution < -0.4 is 15.8 Å². The molecule has 0 atom stereocenters. The second-order valence-corrected chi connectivity index (χ2v) is 6.82.